The summed E-state index contributed by atoms with van der Waals surface area (Å²) in [6, 6.07) is 12.0. The lowest BCUT2D eigenvalue weighted by molar-refractivity contribution is 0.845. The van der Waals surface area contributed by atoms with E-state index in [1.54, 1.807) is 5.19 Å². The molecule has 1 rings (SSSR count). The molecule has 0 unspecified atom stereocenters. The molecule has 0 spiro atoms. The smallest absolute Gasteiger partial charge is 0.0712 e. The van der Waals surface area contributed by atoms with Crippen LogP contribution in [0.3, 0.4) is 0 Å². The molecule has 0 fully saturated rings. The van der Waals surface area contributed by atoms with Gasteiger partial charge in [-0.05, 0) is 5.56 Å². The zero-order valence-corrected chi connectivity index (χ0v) is 14.0. The van der Waals surface area contributed by atoms with Gasteiger partial charge in [0.2, 0.25) is 0 Å². The van der Waals surface area contributed by atoms with Crippen molar-refractivity contribution < 1.29 is 0 Å². The van der Waals surface area contributed by atoms with E-state index in [0.717, 1.165) is 5.33 Å². The van der Waals surface area contributed by atoms with E-state index in [2.05, 4.69) is 54.0 Å². The van der Waals surface area contributed by atoms with E-state index in [1.807, 2.05) is 0 Å². The quantitative estimate of drug-likeness (QED) is 0.485. The van der Waals surface area contributed by atoms with Crippen LogP contribution in [0.2, 0.25) is 12.1 Å². The summed E-state index contributed by atoms with van der Waals surface area (Å²) in [7, 11) is -0.714. The minimum absolute atomic E-state index is 0.714. The maximum Gasteiger partial charge on any atom is 0.0712 e. The van der Waals surface area contributed by atoms with Crippen LogP contribution in [0.1, 0.15) is 45.1 Å². The molecule has 17 heavy (non-hydrogen) atoms. The van der Waals surface area contributed by atoms with Gasteiger partial charge in [-0.25, -0.2) is 0 Å². The van der Waals surface area contributed by atoms with Crippen LogP contribution in [0.25, 0.3) is 0 Å². The summed E-state index contributed by atoms with van der Waals surface area (Å²) in [5, 5.41) is 2.73. The van der Waals surface area contributed by atoms with Crippen LogP contribution < -0.4 is 5.19 Å². The monoisotopic (exact) mass is 312 g/mol. The van der Waals surface area contributed by atoms with Crippen LogP contribution in [0, 0.1) is 0 Å². The number of hydrogen-bond donors (Lipinski definition) is 0. The lowest BCUT2D eigenvalue weighted by Crippen LogP contribution is -2.32. The molecule has 0 radical (unpaired) electrons. The molecule has 1 aromatic carbocycles. The minimum Gasteiger partial charge on any atom is -0.0876 e. The van der Waals surface area contributed by atoms with Gasteiger partial charge in [-0.3, -0.25) is 0 Å². The highest BCUT2D eigenvalue weighted by atomic mass is 79.9. The van der Waals surface area contributed by atoms with Crippen LogP contribution in [-0.4, -0.2) is 8.80 Å². The Hall–Kier alpha value is -0.0831. The Labute approximate surface area is 117 Å². The predicted octanol–water partition coefficient (Wildman–Crippen LogP) is 4.62. The standard InChI is InChI=1S/C15H25BrSi/c1-3-5-11-17(12-6-4-2)15-10-8-7-9-14(15)13-16/h7-10,17H,3-6,11-13H2,1-2H3. The Morgan fingerprint density at radius 2 is 1.59 bits per heavy atom. The van der Waals surface area contributed by atoms with Crippen molar-refractivity contribution in [2.75, 3.05) is 0 Å². The van der Waals surface area contributed by atoms with E-state index in [-0.39, 0.29) is 0 Å². The minimum atomic E-state index is -0.714. The largest absolute Gasteiger partial charge is 0.0876 e. The fourth-order valence-electron chi connectivity index (χ4n) is 2.41. The fourth-order valence-corrected chi connectivity index (χ4v) is 7.04. The molecule has 1 aromatic rings. The normalized spacial score (nSPS) is 11.1. The van der Waals surface area contributed by atoms with Gasteiger partial charge < -0.3 is 0 Å². The Kier molecular flexibility index (Phi) is 7.87. The molecule has 0 nitrogen and oxygen atoms in total. The maximum atomic E-state index is 3.64. The molecule has 2 heteroatoms. The van der Waals surface area contributed by atoms with Crippen molar-refractivity contribution in [3.63, 3.8) is 0 Å². The van der Waals surface area contributed by atoms with Crippen LogP contribution in [-0.2, 0) is 5.33 Å². The summed E-state index contributed by atoms with van der Waals surface area (Å²) in [4.78, 5) is 0. The third-order valence-electron chi connectivity index (χ3n) is 3.45. The van der Waals surface area contributed by atoms with Gasteiger partial charge in [0.1, 0.15) is 0 Å². The highest BCUT2D eigenvalue weighted by molar-refractivity contribution is 9.08. The fraction of sp³-hybridized carbons (Fsp3) is 0.600. The molecule has 0 amide bonds. The second kappa shape index (κ2) is 8.93. The van der Waals surface area contributed by atoms with Crippen molar-refractivity contribution in [1.82, 2.24) is 0 Å². The highest BCUT2D eigenvalue weighted by Crippen LogP contribution is 2.13. The molecule has 0 aliphatic heterocycles. The maximum absolute atomic E-state index is 3.64. The van der Waals surface area contributed by atoms with Gasteiger partial charge in [-0.1, -0.05) is 97.0 Å². The summed E-state index contributed by atoms with van der Waals surface area (Å²) in [6.45, 7) is 4.61. The van der Waals surface area contributed by atoms with Gasteiger partial charge in [0.05, 0.1) is 8.80 Å². The van der Waals surface area contributed by atoms with Gasteiger partial charge in [0.15, 0.2) is 0 Å². The summed E-state index contributed by atoms with van der Waals surface area (Å²) in [6.07, 6.45) is 5.51. The zero-order valence-electron chi connectivity index (χ0n) is 11.2. The van der Waals surface area contributed by atoms with Crippen molar-refractivity contribution in [3.8, 4) is 0 Å². The van der Waals surface area contributed by atoms with Crippen LogP contribution in [0.5, 0.6) is 0 Å². The zero-order chi connectivity index (χ0) is 12.5. The molecule has 0 saturated heterocycles. The van der Waals surface area contributed by atoms with Crippen molar-refractivity contribution >= 4 is 29.9 Å². The van der Waals surface area contributed by atoms with Crippen molar-refractivity contribution in [1.29, 1.82) is 0 Å². The molecule has 0 aliphatic carbocycles. The summed E-state index contributed by atoms with van der Waals surface area (Å²) < 4.78 is 0. The predicted molar refractivity (Wildman–Crippen MR) is 85.3 cm³/mol. The second-order valence-corrected chi connectivity index (χ2v) is 8.55. The first-order chi connectivity index (χ1) is 8.33. The first kappa shape index (κ1) is 15.0. The van der Waals surface area contributed by atoms with Gasteiger partial charge in [-0.2, -0.15) is 0 Å². The van der Waals surface area contributed by atoms with E-state index < -0.39 is 8.80 Å². The van der Waals surface area contributed by atoms with Gasteiger partial charge in [-0.15, -0.1) is 0 Å². The number of halogens is 1. The molecule has 0 aliphatic rings. The van der Waals surface area contributed by atoms with Crippen LogP contribution >= 0.6 is 15.9 Å². The third kappa shape index (κ3) is 4.97. The summed E-state index contributed by atoms with van der Waals surface area (Å²) in [5.74, 6) is 0. The Morgan fingerprint density at radius 3 is 2.12 bits per heavy atom. The Morgan fingerprint density at radius 1 is 1.00 bits per heavy atom. The van der Waals surface area contributed by atoms with Gasteiger partial charge in [0, 0.05) is 5.33 Å². The van der Waals surface area contributed by atoms with Crippen molar-refractivity contribution in [2.45, 2.75) is 56.9 Å². The first-order valence-electron chi connectivity index (χ1n) is 6.97. The molecule has 0 N–H and O–H groups in total. The summed E-state index contributed by atoms with van der Waals surface area (Å²) in [5.41, 5.74) is 1.54. The molecular formula is C15H25BrSi. The third-order valence-corrected chi connectivity index (χ3v) is 7.71. The number of hydrogen-bond acceptors (Lipinski definition) is 0. The molecule has 0 saturated carbocycles. The Bertz CT molecular complexity index is 304. The number of benzene rings is 1. The average molecular weight is 313 g/mol. The molecule has 0 heterocycles. The van der Waals surface area contributed by atoms with Gasteiger partial charge >= 0.3 is 0 Å². The van der Waals surface area contributed by atoms with E-state index in [9.17, 15) is 0 Å². The Balaban J connectivity index is 2.78. The van der Waals surface area contributed by atoms with Crippen LogP contribution in [0.4, 0.5) is 0 Å². The van der Waals surface area contributed by atoms with E-state index >= 15 is 0 Å². The second-order valence-electron chi connectivity index (χ2n) is 4.81. The lowest BCUT2D eigenvalue weighted by atomic mass is 10.2. The van der Waals surface area contributed by atoms with E-state index in [4.69, 9.17) is 0 Å². The molecule has 0 aromatic heterocycles. The lowest BCUT2D eigenvalue weighted by Gasteiger charge is -2.18. The highest BCUT2D eigenvalue weighted by Gasteiger charge is 2.15. The molecule has 0 atom stereocenters. The molecule has 96 valence electrons. The van der Waals surface area contributed by atoms with Crippen LogP contribution in [0.15, 0.2) is 24.3 Å². The molecule has 0 bridgehead atoms. The van der Waals surface area contributed by atoms with Crippen molar-refractivity contribution in [3.05, 3.63) is 29.8 Å². The van der Waals surface area contributed by atoms with E-state index in [0.29, 0.717) is 0 Å². The van der Waals surface area contributed by atoms with Gasteiger partial charge in [0.25, 0.3) is 0 Å². The van der Waals surface area contributed by atoms with E-state index in [1.165, 1.54) is 43.3 Å². The molecular weight excluding hydrogens is 288 g/mol. The SMILES string of the molecule is CCCC[SiH](CCCC)c1ccccc1CBr. The number of rotatable bonds is 8. The first-order valence-corrected chi connectivity index (χ1v) is 10.3. The number of alkyl halides is 1. The topological polar surface area (TPSA) is 0 Å². The number of unbranched alkanes of at least 4 members (excludes halogenated alkanes) is 2. The van der Waals surface area contributed by atoms with Crippen molar-refractivity contribution in [2.24, 2.45) is 0 Å². The average Bonchev–Trinajstić information content (AvgIpc) is 2.39. The summed E-state index contributed by atoms with van der Waals surface area (Å²) >= 11 is 3.64.